The van der Waals surface area contributed by atoms with E-state index in [4.69, 9.17) is 35.4 Å². The Morgan fingerprint density at radius 2 is 1.38 bits per heavy atom. The van der Waals surface area contributed by atoms with Crippen molar-refractivity contribution in [2.75, 3.05) is 15.4 Å². The van der Waals surface area contributed by atoms with Crippen molar-refractivity contribution in [1.82, 2.24) is 0 Å². The zero-order valence-electron chi connectivity index (χ0n) is 15.2. The summed E-state index contributed by atoms with van der Waals surface area (Å²) >= 11 is 17.2. The zero-order valence-corrected chi connectivity index (χ0v) is 18.4. The smallest absolute Gasteiger partial charge is 0.261 e. The van der Waals surface area contributed by atoms with Gasteiger partial charge in [-0.1, -0.05) is 29.3 Å². The van der Waals surface area contributed by atoms with E-state index in [9.17, 15) is 8.42 Å². The highest BCUT2D eigenvalue weighted by atomic mass is 35.5. The molecule has 9 heteroatoms. The van der Waals surface area contributed by atoms with Gasteiger partial charge in [-0.05, 0) is 85.4 Å². The van der Waals surface area contributed by atoms with Crippen LogP contribution in [0.4, 0.5) is 17.1 Å². The third kappa shape index (κ3) is 5.83. The maximum Gasteiger partial charge on any atom is 0.261 e. The van der Waals surface area contributed by atoms with E-state index in [1.165, 1.54) is 12.1 Å². The lowest BCUT2D eigenvalue weighted by Gasteiger charge is -2.12. The van der Waals surface area contributed by atoms with Crippen molar-refractivity contribution in [2.24, 2.45) is 0 Å². The summed E-state index contributed by atoms with van der Waals surface area (Å²) in [5.74, 6) is 0. The number of hydrogen-bond acceptors (Lipinski definition) is 3. The molecule has 0 unspecified atom stereocenters. The average molecular weight is 466 g/mol. The largest absolute Gasteiger partial charge is 0.332 e. The Morgan fingerprint density at radius 3 is 2.00 bits per heavy atom. The molecular weight excluding hydrogens is 449 g/mol. The molecule has 0 radical (unpaired) electrons. The van der Waals surface area contributed by atoms with E-state index in [2.05, 4.69) is 15.4 Å². The van der Waals surface area contributed by atoms with Crippen LogP contribution in [0.1, 0.15) is 5.56 Å². The van der Waals surface area contributed by atoms with Crippen molar-refractivity contribution < 1.29 is 8.42 Å². The fourth-order valence-corrected chi connectivity index (χ4v) is 4.01. The highest BCUT2D eigenvalue weighted by Crippen LogP contribution is 2.22. The van der Waals surface area contributed by atoms with E-state index in [1.54, 1.807) is 42.5 Å². The van der Waals surface area contributed by atoms with Gasteiger partial charge in [0.05, 0.1) is 4.90 Å². The van der Waals surface area contributed by atoms with Gasteiger partial charge in [0.1, 0.15) is 0 Å². The van der Waals surface area contributed by atoms with Gasteiger partial charge in [-0.3, -0.25) is 4.72 Å². The second-order valence-corrected chi connectivity index (χ2v) is 9.11. The number of nitrogens with one attached hydrogen (secondary N) is 3. The number of rotatable bonds is 5. The molecule has 150 valence electrons. The summed E-state index contributed by atoms with van der Waals surface area (Å²) in [6.45, 7) is 1.92. The van der Waals surface area contributed by atoms with Crippen LogP contribution >= 0.6 is 35.4 Å². The summed E-state index contributed by atoms with van der Waals surface area (Å²) in [7, 11) is -3.71. The van der Waals surface area contributed by atoms with Crippen LogP contribution in [-0.2, 0) is 10.0 Å². The van der Waals surface area contributed by atoms with Gasteiger partial charge in [-0.2, -0.15) is 0 Å². The number of anilines is 3. The first kappa shape index (κ1) is 21.4. The summed E-state index contributed by atoms with van der Waals surface area (Å²) in [5, 5.41) is 7.57. The van der Waals surface area contributed by atoms with Crippen molar-refractivity contribution in [1.29, 1.82) is 0 Å². The minimum Gasteiger partial charge on any atom is -0.332 e. The molecule has 3 aromatic rings. The maximum absolute atomic E-state index is 12.5. The molecule has 5 nitrogen and oxygen atoms in total. The van der Waals surface area contributed by atoms with Crippen LogP contribution in [0.3, 0.4) is 0 Å². The van der Waals surface area contributed by atoms with Gasteiger partial charge in [0, 0.05) is 27.1 Å². The van der Waals surface area contributed by atoms with Crippen LogP contribution < -0.4 is 15.4 Å². The third-order valence-corrected chi connectivity index (χ3v) is 6.21. The highest BCUT2D eigenvalue weighted by molar-refractivity contribution is 7.92. The van der Waals surface area contributed by atoms with Gasteiger partial charge < -0.3 is 10.6 Å². The number of sulfonamides is 1. The minimum absolute atomic E-state index is 0.127. The molecule has 0 atom stereocenters. The lowest BCUT2D eigenvalue weighted by atomic mass is 10.2. The number of benzene rings is 3. The van der Waals surface area contributed by atoms with Gasteiger partial charge in [0.15, 0.2) is 5.11 Å². The van der Waals surface area contributed by atoms with Crippen LogP contribution in [0.15, 0.2) is 71.6 Å². The second-order valence-electron chi connectivity index (χ2n) is 6.18. The monoisotopic (exact) mass is 465 g/mol. The standard InChI is InChI=1S/C20H17Cl2N3O2S2/c1-13-2-5-17(12-19(13)22)24-20(28)23-15-8-10-18(11-9-15)29(26,27)25-16-6-3-14(21)4-7-16/h2-12,25H,1H3,(H2,23,24,28). The number of hydrogen-bond donors (Lipinski definition) is 3. The van der Waals surface area contributed by atoms with Crippen molar-refractivity contribution in [2.45, 2.75) is 11.8 Å². The van der Waals surface area contributed by atoms with Gasteiger partial charge in [0.25, 0.3) is 10.0 Å². The Hall–Kier alpha value is -2.32. The molecule has 29 heavy (non-hydrogen) atoms. The molecule has 0 amide bonds. The van der Waals surface area contributed by atoms with Crippen molar-refractivity contribution in [3.8, 4) is 0 Å². The third-order valence-electron chi connectivity index (χ3n) is 3.95. The van der Waals surface area contributed by atoms with Crippen LogP contribution in [0.5, 0.6) is 0 Å². The summed E-state index contributed by atoms with van der Waals surface area (Å²) in [5.41, 5.74) is 2.80. The molecule has 0 heterocycles. The van der Waals surface area contributed by atoms with Crippen LogP contribution in [0, 0.1) is 6.92 Å². The Balaban J connectivity index is 1.65. The summed E-state index contributed by atoms with van der Waals surface area (Å²) < 4.78 is 27.5. The van der Waals surface area contributed by atoms with E-state index in [-0.39, 0.29) is 4.90 Å². The summed E-state index contributed by atoms with van der Waals surface area (Å²) in [6.07, 6.45) is 0. The van der Waals surface area contributed by atoms with Gasteiger partial charge in [-0.15, -0.1) is 0 Å². The number of halogens is 2. The van der Waals surface area contributed by atoms with Gasteiger partial charge in [-0.25, -0.2) is 8.42 Å². The van der Waals surface area contributed by atoms with Crippen LogP contribution in [0.25, 0.3) is 0 Å². The van der Waals surface area contributed by atoms with Crippen molar-refractivity contribution in [3.05, 3.63) is 82.3 Å². The van der Waals surface area contributed by atoms with Crippen LogP contribution in [0.2, 0.25) is 10.0 Å². The van der Waals surface area contributed by atoms with Gasteiger partial charge in [0.2, 0.25) is 0 Å². The molecule has 3 N–H and O–H groups in total. The van der Waals surface area contributed by atoms with Gasteiger partial charge >= 0.3 is 0 Å². The lowest BCUT2D eigenvalue weighted by molar-refractivity contribution is 0.601. The molecule has 0 bridgehead atoms. The van der Waals surface area contributed by atoms with E-state index >= 15 is 0 Å². The minimum atomic E-state index is -3.71. The molecule has 3 aromatic carbocycles. The first-order chi connectivity index (χ1) is 13.7. The van der Waals surface area contributed by atoms with E-state index < -0.39 is 10.0 Å². The Bertz CT molecular complexity index is 1130. The average Bonchev–Trinajstić information content (AvgIpc) is 2.67. The maximum atomic E-state index is 12.5. The fraction of sp³-hybridized carbons (Fsp3) is 0.0500. The molecule has 3 rings (SSSR count). The van der Waals surface area contributed by atoms with E-state index in [0.717, 1.165) is 11.3 Å². The quantitative estimate of drug-likeness (QED) is 0.408. The molecule has 0 aliphatic rings. The predicted molar refractivity (Wildman–Crippen MR) is 125 cm³/mol. The molecular formula is C20H17Cl2N3O2S2. The van der Waals surface area contributed by atoms with E-state index in [0.29, 0.717) is 26.5 Å². The molecule has 0 spiro atoms. The molecule has 0 aliphatic carbocycles. The molecule has 0 fully saturated rings. The normalized spacial score (nSPS) is 11.0. The predicted octanol–water partition coefficient (Wildman–Crippen LogP) is 5.91. The Morgan fingerprint density at radius 1 is 0.828 bits per heavy atom. The number of thiocarbonyl (C=S) groups is 1. The fourth-order valence-electron chi connectivity index (χ4n) is 2.41. The van der Waals surface area contributed by atoms with Crippen LogP contribution in [-0.4, -0.2) is 13.5 Å². The first-order valence-corrected chi connectivity index (χ1v) is 11.1. The zero-order chi connectivity index (χ0) is 21.0. The Labute approximate surface area is 185 Å². The highest BCUT2D eigenvalue weighted by Gasteiger charge is 2.14. The SMILES string of the molecule is Cc1ccc(NC(=S)Nc2ccc(S(=O)(=O)Nc3ccc(Cl)cc3)cc2)cc1Cl. The number of aryl methyl sites for hydroxylation is 1. The second kappa shape index (κ2) is 9.00. The summed E-state index contributed by atoms with van der Waals surface area (Å²) in [6, 6.07) is 18.2. The Kier molecular flexibility index (Phi) is 6.64. The van der Waals surface area contributed by atoms with Crippen molar-refractivity contribution >= 4 is 67.6 Å². The van der Waals surface area contributed by atoms with Crippen molar-refractivity contribution in [3.63, 3.8) is 0 Å². The molecule has 0 aromatic heterocycles. The van der Waals surface area contributed by atoms with E-state index in [1.807, 2.05) is 19.1 Å². The molecule has 0 saturated heterocycles. The lowest BCUT2D eigenvalue weighted by Crippen LogP contribution is -2.19. The topological polar surface area (TPSA) is 70.2 Å². The summed E-state index contributed by atoms with van der Waals surface area (Å²) in [4.78, 5) is 0.127. The molecule has 0 aliphatic heterocycles. The first-order valence-electron chi connectivity index (χ1n) is 8.45. The molecule has 0 saturated carbocycles.